The van der Waals surface area contributed by atoms with Crippen molar-refractivity contribution in [1.82, 2.24) is 4.90 Å². The Morgan fingerprint density at radius 2 is 1.79 bits per heavy atom. The molecule has 0 bridgehead atoms. The molecule has 4 nitrogen and oxygen atoms in total. The number of ether oxygens (including phenoxy) is 2. The lowest BCUT2D eigenvalue weighted by atomic mass is 9.98. The molecule has 0 spiro atoms. The number of methoxy groups -OCH3 is 2. The molecular weight excluding hydrogens is 242 g/mol. The summed E-state index contributed by atoms with van der Waals surface area (Å²) < 4.78 is 10.6. The van der Waals surface area contributed by atoms with E-state index in [-0.39, 0.29) is 0 Å². The summed E-state index contributed by atoms with van der Waals surface area (Å²) in [6, 6.07) is 4.04. The molecule has 0 radical (unpaired) electrons. The molecule has 1 fully saturated rings. The number of fused-ring (bicyclic) bond motifs is 1. The van der Waals surface area contributed by atoms with Crippen LogP contribution in [0.15, 0.2) is 12.1 Å². The van der Waals surface area contributed by atoms with Crippen LogP contribution in [0, 0.1) is 5.92 Å². The summed E-state index contributed by atoms with van der Waals surface area (Å²) in [7, 11) is 3.29. The van der Waals surface area contributed by atoms with Crippen LogP contribution in [-0.4, -0.2) is 31.6 Å². The van der Waals surface area contributed by atoms with Gasteiger partial charge in [-0.15, -0.1) is 0 Å². The van der Waals surface area contributed by atoms with E-state index in [0.717, 1.165) is 37.3 Å². The van der Waals surface area contributed by atoms with Crippen molar-refractivity contribution in [2.75, 3.05) is 20.8 Å². The first-order valence-electron chi connectivity index (χ1n) is 6.75. The van der Waals surface area contributed by atoms with Gasteiger partial charge in [0, 0.05) is 19.0 Å². The van der Waals surface area contributed by atoms with Gasteiger partial charge in [0.05, 0.1) is 14.2 Å². The predicted octanol–water partition coefficient (Wildman–Crippen LogP) is 2.00. The van der Waals surface area contributed by atoms with Crippen LogP contribution in [0.5, 0.6) is 11.5 Å². The van der Waals surface area contributed by atoms with Gasteiger partial charge in [-0.25, -0.2) is 0 Å². The van der Waals surface area contributed by atoms with Gasteiger partial charge in [-0.3, -0.25) is 4.79 Å². The van der Waals surface area contributed by atoms with Gasteiger partial charge in [-0.1, -0.05) is 0 Å². The third kappa shape index (κ3) is 2.27. The number of amides is 1. The molecule has 1 aromatic carbocycles. The standard InChI is InChI=1S/C15H19NO3/c1-18-13-7-11-5-6-16(15(17)10-3-4-10)9-12(11)8-14(13)19-2/h7-8,10H,3-6,9H2,1-2H3. The highest BCUT2D eigenvalue weighted by Gasteiger charge is 2.34. The van der Waals surface area contributed by atoms with E-state index in [1.54, 1.807) is 14.2 Å². The number of nitrogens with zero attached hydrogens (tertiary/aromatic N) is 1. The van der Waals surface area contributed by atoms with Crippen LogP contribution in [-0.2, 0) is 17.8 Å². The van der Waals surface area contributed by atoms with Crippen LogP contribution in [0.1, 0.15) is 24.0 Å². The zero-order valence-corrected chi connectivity index (χ0v) is 11.4. The summed E-state index contributed by atoms with van der Waals surface area (Å²) in [6.07, 6.45) is 3.02. The van der Waals surface area contributed by atoms with Crippen molar-refractivity contribution in [2.24, 2.45) is 5.92 Å². The van der Waals surface area contributed by atoms with Gasteiger partial charge in [0.15, 0.2) is 11.5 Å². The van der Waals surface area contributed by atoms with E-state index in [1.165, 1.54) is 11.1 Å². The van der Waals surface area contributed by atoms with E-state index in [4.69, 9.17) is 9.47 Å². The molecule has 1 aliphatic heterocycles. The molecule has 0 saturated heterocycles. The van der Waals surface area contributed by atoms with Crippen molar-refractivity contribution in [3.05, 3.63) is 23.3 Å². The quantitative estimate of drug-likeness (QED) is 0.835. The third-order valence-electron chi connectivity index (χ3n) is 3.96. The Hall–Kier alpha value is -1.71. The molecule has 3 rings (SSSR count). The fraction of sp³-hybridized carbons (Fsp3) is 0.533. The van der Waals surface area contributed by atoms with E-state index in [0.29, 0.717) is 18.4 Å². The minimum absolute atomic E-state index is 0.293. The Labute approximate surface area is 113 Å². The normalized spacial score (nSPS) is 17.9. The Morgan fingerprint density at radius 3 is 2.37 bits per heavy atom. The van der Waals surface area contributed by atoms with Crippen LogP contribution in [0.25, 0.3) is 0 Å². The van der Waals surface area contributed by atoms with Gasteiger partial charge in [-0.2, -0.15) is 0 Å². The van der Waals surface area contributed by atoms with Gasteiger partial charge < -0.3 is 14.4 Å². The van der Waals surface area contributed by atoms with Crippen LogP contribution in [0.2, 0.25) is 0 Å². The second kappa shape index (κ2) is 4.76. The molecule has 0 N–H and O–H groups in total. The van der Waals surface area contributed by atoms with Crippen LogP contribution >= 0.6 is 0 Å². The first-order chi connectivity index (χ1) is 9.22. The summed E-state index contributed by atoms with van der Waals surface area (Å²) in [5.74, 6) is 2.12. The van der Waals surface area contributed by atoms with Gasteiger partial charge in [-0.05, 0) is 42.5 Å². The van der Waals surface area contributed by atoms with Crippen molar-refractivity contribution < 1.29 is 14.3 Å². The minimum Gasteiger partial charge on any atom is -0.493 e. The molecule has 1 amide bonds. The van der Waals surface area contributed by atoms with E-state index >= 15 is 0 Å². The Kier molecular flexibility index (Phi) is 3.09. The molecule has 19 heavy (non-hydrogen) atoms. The summed E-state index contributed by atoms with van der Waals surface area (Å²) in [4.78, 5) is 14.1. The number of hydrogen-bond acceptors (Lipinski definition) is 3. The SMILES string of the molecule is COc1cc2c(cc1OC)CN(C(=O)C1CC1)CC2. The molecule has 0 atom stereocenters. The maximum Gasteiger partial charge on any atom is 0.225 e. The molecule has 102 valence electrons. The number of carbonyl (C=O) groups is 1. The highest BCUT2D eigenvalue weighted by molar-refractivity contribution is 5.81. The molecule has 1 aromatic rings. The largest absolute Gasteiger partial charge is 0.493 e. The van der Waals surface area contributed by atoms with Gasteiger partial charge >= 0.3 is 0 Å². The maximum atomic E-state index is 12.1. The van der Waals surface area contributed by atoms with Crippen LogP contribution in [0.4, 0.5) is 0 Å². The fourth-order valence-corrected chi connectivity index (χ4v) is 2.66. The van der Waals surface area contributed by atoms with Crippen molar-refractivity contribution in [2.45, 2.75) is 25.8 Å². The number of hydrogen-bond donors (Lipinski definition) is 0. The summed E-state index contributed by atoms with van der Waals surface area (Å²) in [5.41, 5.74) is 2.44. The first kappa shape index (κ1) is 12.3. The van der Waals surface area contributed by atoms with E-state index in [2.05, 4.69) is 0 Å². The van der Waals surface area contributed by atoms with Crippen molar-refractivity contribution in [1.29, 1.82) is 0 Å². The third-order valence-corrected chi connectivity index (χ3v) is 3.96. The smallest absolute Gasteiger partial charge is 0.225 e. The highest BCUT2D eigenvalue weighted by atomic mass is 16.5. The lowest BCUT2D eigenvalue weighted by Crippen LogP contribution is -2.36. The molecule has 0 aromatic heterocycles. The van der Waals surface area contributed by atoms with Crippen molar-refractivity contribution in [3.8, 4) is 11.5 Å². The maximum absolute atomic E-state index is 12.1. The summed E-state index contributed by atoms with van der Waals surface area (Å²) in [6.45, 7) is 1.52. The Bertz CT molecular complexity index is 508. The zero-order valence-electron chi connectivity index (χ0n) is 11.4. The minimum atomic E-state index is 0.293. The molecule has 1 saturated carbocycles. The van der Waals surface area contributed by atoms with Gasteiger partial charge in [0.25, 0.3) is 0 Å². The molecule has 0 unspecified atom stereocenters. The second-order valence-corrected chi connectivity index (χ2v) is 5.26. The lowest BCUT2D eigenvalue weighted by molar-refractivity contribution is -0.133. The molecule has 2 aliphatic rings. The summed E-state index contributed by atoms with van der Waals surface area (Å²) >= 11 is 0. The molecule has 1 aliphatic carbocycles. The molecular formula is C15H19NO3. The van der Waals surface area contributed by atoms with Crippen LogP contribution in [0.3, 0.4) is 0 Å². The van der Waals surface area contributed by atoms with Crippen LogP contribution < -0.4 is 9.47 Å². The predicted molar refractivity (Wildman–Crippen MR) is 71.4 cm³/mol. The molecule has 1 heterocycles. The Morgan fingerprint density at radius 1 is 1.16 bits per heavy atom. The van der Waals surface area contributed by atoms with Gasteiger partial charge in [0.2, 0.25) is 5.91 Å². The second-order valence-electron chi connectivity index (χ2n) is 5.26. The average Bonchev–Trinajstić information content (AvgIpc) is 3.28. The lowest BCUT2D eigenvalue weighted by Gasteiger charge is -2.29. The number of carbonyl (C=O) groups excluding carboxylic acids is 1. The fourth-order valence-electron chi connectivity index (χ4n) is 2.66. The first-order valence-corrected chi connectivity index (χ1v) is 6.75. The highest BCUT2D eigenvalue weighted by Crippen LogP contribution is 2.36. The van der Waals surface area contributed by atoms with E-state index in [1.807, 2.05) is 17.0 Å². The van der Waals surface area contributed by atoms with Gasteiger partial charge in [0.1, 0.15) is 0 Å². The van der Waals surface area contributed by atoms with Crippen molar-refractivity contribution >= 4 is 5.91 Å². The Balaban J connectivity index is 1.85. The van der Waals surface area contributed by atoms with E-state index in [9.17, 15) is 4.79 Å². The monoisotopic (exact) mass is 261 g/mol. The summed E-state index contributed by atoms with van der Waals surface area (Å²) in [5, 5.41) is 0. The average molecular weight is 261 g/mol. The zero-order chi connectivity index (χ0) is 13.4. The van der Waals surface area contributed by atoms with Crippen molar-refractivity contribution in [3.63, 3.8) is 0 Å². The van der Waals surface area contributed by atoms with E-state index < -0.39 is 0 Å². The number of benzene rings is 1. The number of rotatable bonds is 3. The topological polar surface area (TPSA) is 38.8 Å². The molecule has 4 heteroatoms.